The largest absolute Gasteiger partial charge is 0.402 e. The first kappa shape index (κ1) is 18.9. The second kappa shape index (κ2) is 6.58. The first-order valence-corrected chi connectivity index (χ1v) is 12.3. The van der Waals surface area contributed by atoms with Crippen LogP contribution in [0.2, 0.25) is 6.04 Å². The highest BCUT2D eigenvalue weighted by atomic mass is 28.4. The number of fused-ring (bicyclic) bond motifs is 1. The van der Waals surface area contributed by atoms with Gasteiger partial charge in [0.1, 0.15) is 0 Å². The van der Waals surface area contributed by atoms with E-state index in [1.807, 2.05) is 0 Å². The summed E-state index contributed by atoms with van der Waals surface area (Å²) in [7, 11) is -2.33. The van der Waals surface area contributed by atoms with Crippen molar-refractivity contribution < 1.29 is 9.16 Å². The maximum absolute atomic E-state index is 7.17. The van der Waals surface area contributed by atoms with Crippen LogP contribution in [0.15, 0.2) is 24.3 Å². The number of hydrogen-bond acceptors (Lipinski definition) is 2. The van der Waals surface area contributed by atoms with E-state index in [-0.39, 0.29) is 12.2 Å². The Hall–Kier alpha value is -1.42. The Balaban J connectivity index is 1.99. The van der Waals surface area contributed by atoms with Gasteiger partial charge >= 0.3 is 0 Å². The first-order valence-electron chi connectivity index (χ1n) is 10.2. The summed E-state index contributed by atoms with van der Waals surface area (Å²) in [4.78, 5) is 0. The Labute approximate surface area is 165 Å². The molecular weight excluding hydrogens is 348 g/mol. The van der Waals surface area contributed by atoms with Crippen LogP contribution >= 0.6 is 0 Å². The predicted octanol–water partition coefficient (Wildman–Crippen LogP) is 4.03. The second-order valence-corrected chi connectivity index (χ2v) is 12.3. The third-order valence-electron chi connectivity index (χ3n) is 6.55. The molecule has 0 aromatic heterocycles. The van der Waals surface area contributed by atoms with Crippen LogP contribution in [0.3, 0.4) is 0 Å². The van der Waals surface area contributed by atoms with Gasteiger partial charge in [0.15, 0.2) is 0 Å². The summed E-state index contributed by atoms with van der Waals surface area (Å²) >= 11 is 0. The van der Waals surface area contributed by atoms with Crippen molar-refractivity contribution in [2.75, 3.05) is 6.61 Å². The SMILES string of the molecule is Cc1cc(C)c([Si]2(c3c(C)cc(C)cc3C)C[C@@H]3CO[C@H](C)[C@@H]3O2)c(C)c1. The average Bonchev–Trinajstić information content (AvgIpc) is 3.05. The van der Waals surface area contributed by atoms with Crippen molar-refractivity contribution in [2.24, 2.45) is 5.92 Å². The highest BCUT2D eigenvalue weighted by Crippen LogP contribution is 2.41. The van der Waals surface area contributed by atoms with Crippen molar-refractivity contribution in [1.29, 1.82) is 0 Å². The quantitative estimate of drug-likeness (QED) is 0.733. The number of rotatable bonds is 2. The molecule has 4 rings (SSSR count). The molecule has 144 valence electrons. The van der Waals surface area contributed by atoms with E-state index in [4.69, 9.17) is 9.16 Å². The van der Waals surface area contributed by atoms with Crippen LogP contribution in [-0.2, 0) is 9.16 Å². The molecule has 2 saturated heterocycles. The van der Waals surface area contributed by atoms with Gasteiger partial charge in [-0.05, 0) is 87.1 Å². The molecule has 0 aliphatic carbocycles. The molecule has 0 unspecified atom stereocenters. The van der Waals surface area contributed by atoms with Crippen molar-refractivity contribution >= 4 is 18.7 Å². The third-order valence-corrected chi connectivity index (χ3v) is 11.5. The second-order valence-electron chi connectivity index (χ2n) is 8.96. The molecule has 2 aromatic rings. The summed E-state index contributed by atoms with van der Waals surface area (Å²) in [6.07, 6.45) is 0.429. The highest BCUT2D eigenvalue weighted by Gasteiger charge is 2.57. The Morgan fingerprint density at radius 2 is 1.22 bits per heavy atom. The van der Waals surface area contributed by atoms with Crippen molar-refractivity contribution in [3.05, 3.63) is 57.6 Å². The van der Waals surface area contributed by atoms with E-state index >= 15 is 0 Å². The van der Waals surface area contributed by atoms with Gasteiger partial charge in [-0.1, -0.05) is 35.4 Å². The lowest BCUT2D eigenvalue weighted by atomic mass is 10.1. The number of aryl methyl sites for hydroxylation is 6. The number of hydrogen-bond donors (Lipinski definition) is 0. The highest BCUT2D eigenvalue weighted by molar-refractivity contribution is 6.99. The lowest BCUT2D eigenvalue weighted by Gasteiger charge is -2.35. The van der Waals surface area contributed by atoms with E-state index in [1.165, 1.54) is 43.8 Å². The van der Waals surface area contributed by atoms with Gasteiger partial charge in [-0.3, -0.25) is 0 Å². The summed E-state index contributed by atoms with van der Waals surface area (Å²) in [6.45, 7) is 16.5. The summed E-state index contributed by atoms with van der Waals surface area (Å²) in [5.74, 6) is 0.520. The Kier molecular flexibility index (Phi) is 4.61. The Morgan fingerprint density at radius 1 is 0.778 bits per heavy atom. The van der Waals surface area contributed by atoms with Crippen LogP contribution in [0.5, 0.6) is 0 Å². The maximum Gasteiger partial charge on any atom is 0.257 e. The molecule has 0 spiro atoms. The van der Waals surface area contributed by atoms with Crippen molar-refractivity contribution in [3.8, 4) is 0 Å². The molecule has 2 aliphatic rings. The fourth-order valence-corrected chi connectivity index (χ4v) is 11.7. The summed E-state index contributed by atoms with van der Waals surface area (Å²) in [5.41, 5.74) is 8.26. The predicted molar refractivity (Wildman–Crippen MR) is 115 cm³/mol. The van der Waals surface area contributed by atoms with E-state index in [1.54, 1.807) is 0 Å². The normalized spacial score (nSPS) is 26.4. The molecular formula is C24H32O2Si. The van der Waals surface area contributed by atoms with Crippen LogP contribution in [0.4, 0.5) is 0 Å². The molecule has 0 bridgehead atoms. The van der Waals surface area contributed by atoms with Gasteiger partial charge in [0.25, 0.3) is 8.32 Å². The van der Waals surface area contributed by atoms with Crippen LogP contribution in [0, 0.1) is 47.5 Å². The third kappa shape index (κ3) is 2.91. The Bertz CT molecular complexity index is 798. The van der Waals surface area contributed by atoms with E-state index in [0.29, 0.717) is 5.92 Å². The van der Waals surface area contributed by atoms with Crippen molar-refractivity contribution in [3.63, 3.8) is 0 Å². The molecule has 2 heterocycles. The minimum absolute atomic E-state index is 0.196. The van der Waals surface area contributed by atoms with E-state index in [0.717, 1.165) is 12.7 Å². The topological polar surface area (TPSA) is 18.5 Å². The van der Waals surface area contributed by atoms with Crippen LogP contribution in [-0.4, -0.2) is 27.1 Å². The first-order chi connectivity index (χ1) is 12.7. The van der Waals surface area contributed by atoms with Crippen molar-refractivity contribution in [1.82, 2.24) is 0 Å². The zero-order chi connectivity index (χ0) is 19.5. The van der Waals surface area contributed by atoms with Gasteiger partial charge in [-0.25, -0.2) is 0 Å². The summed E-state index contributed by atoms with van der Waals surface area (Å²) in [5, 5.41) is 3.01. The molecule has 0 saturated carbocycles. The van der Waals surface area contributed by atoms with Gasteiger partial charge in [-0.15, -0.1) is 0 Å². The van der Waals surface area contributed by atoms with E-state index in [2.05, 4.69) is 72.7 Å². The fourth-order valence-electron chi connectivity index (χ4n) is 5.95. The fraction of sp³-hybridized carbons (Fsp3) is 0.500. The lowest BCUT2D eigenvalue weighted by Crippen LogP contribution is -2.62. The van der Waals surface area contributed by atoms with Gasteiger partial charge < -0.3 is 9.16 Å². The summed E-state index contributed by atoms with van der Waals surface area (Å²) in [6, 6.07) is 10.5. The van der Waals surface area contributed by atoms with Crippen LogP contribution < -0.4 is 10.4 Å². The molecule has 2 nitrogen and oxygen atoms in total. The molecule has 3 heteroatoms. The molecule has 0 N–H and O–H groups in total. The van der Waals surface area contributed by atoms with Crippen LogP contribution in [0.1, 0.15) is 40.3 Å². The number of benzene rings is 2. The van der Waals surface area contributed by atoms with Crippen LogP contribution in [0.25, 0.3) is 0 Å². The standard InChI is InChI=1S/C24H32O2Si/c1-14-8-16(3)23(17(4)9-14)27(13-21-12-25-20(7)22(21)26-27)24-18(5)10-15(2)11-19(24)6/h8-11,20-22H,12-13H2,1-7H3/t20-,21+,22+/m1/s1. The maximum atomic E-state index is 7.17. The van der Waals surface area contributed by atoms with Gasteiger partial charge in [-0.2, -0.15) is 0 Å². The molecule has 0 radical (unpaired) electrons. The average molecular weight is 381 g/mol. The van der Waals surface area contributed by atoms with E-state index < -0.39 is 8.32 Å². The zero-order valence-corrected chi connectivity index (χ0v) is 18.8. The smallest absolute Gasteiger partial charge is 0.257 e. The molecule has 2 aromatic carbocycles. The molecule has 27 heavy (non-hydrogen) atoms. The molecule has 3 atom stereocenters. The van der Waals surface area contributed by atoms with Gasteiger partial charge in [0.05, 0.1) is 18.8 Å². The van der Waals surface area contributed by atoms with Gasteiger partial charge in [0.2, 0.25) is 0 Å². The van der Waals surface area contributed by atoms with Gasteiger partial charge in [0, 0.05) is 5.92 Å². The zero-order valence-electron chi connectivity index (χ0n) is 17.8. The number of ether oxygens (including phenoxy) is 1. The molecule has 2 aliphatic heterocycles. The molecule has 0 amide bonds. The van der Waals surface area contributed by atoms with E-state index in [9.17, 15) is 0 Å². The minimum Gasteiger partial charge on any atom is -0.402 e. The Morgan fingerprint density at radius 3 is 1.63 bits per heavy atom. The monoisotopic (exact) mass is 380 g/mol. The lowest BCUT2D eigenvalue weighted by molar-refractivity contribution is 0.0675. The summed E-state index contributed by atoms with van der Waals surface area (Å²) < 4.78 is 13.1. The minimum atomic E-state index is -2.33. The molecule has 2 fully saturated rings. The van der Waals surface area contributed by atoms with Crippen molar-refractivity contribution in [2.45, 2.75) is 66.7 Å².